The van der Waals surface area contributed by atoms with Crippen molar-refractivity contribution in [3.63, 3.8) is 0 Å². The van der Waals surface area contributed by atoms with E-state index < -0.39 is 11.8 Å². The van der Waals surface area contributed by atoms with Crippen LogP contribution in [-0.2, 0) is 11.2 Å². The number of amides is 2. The number of nitrogens with zero attached hydrogens (tertiary/aromatic N) is 3. The molecule has 2 heterocycles. The number of benzene rings is 1. The summed E-state index contributed by atoms with van der Waals surface area (Å²) in [6.45, 7) is 3.89. The Kier molecular flexibility index (Phi) is 5.78. The summed E-state index contributed by atoms with van der Waals surface area (Å²) in [5.41, 5.74) is 6.45. The Morgan fingerprint density at radius 3 is 2.50 bits per heavy atom. The lowest BCUT2D eigenvalue weighted by atomic mass is 10.1. The number of nitrogens with one attached hydrogen (secondary N) is 2. The number of aromatic nitrogens is 3. The normalized spacial score (nSPS) is 10.7. The Morgan fingerprint density at radius 1 is 1.11 bits per heavy atom. The van der Waals surface area contributed by atoms with E-state index in [1.165, 1.54) is 30.5 Å². The van der Waals surface area contributed by atoms with E-state index in [2.05, 4.69) is 20.9 Å². The van der Waals surface area contributed by atoms with Crippen LogP contribution in [0.25, 0.3) is 5.82 Å². The van der Waals surface area contributed by atoms with E-state index in [9.17, 15) is 14.0 Å². The van der Waals surface area contributed by atoms with Gasteiger partial charge in [-0.15, -0.1) is 0 Å². The van der Waals surface area contributed by atoms with Crippen molar-refractivity contribution in [1.82, 2.24) is 25.6 Å². The van der Waals surface area contributed by atoms with Crippen molar-refractivity contribution in [1.29, 1.82) is 0 Å². The van der Waals surface area contributed by atoms with Crippen molar-refractivity contribution in [2.75, 3.05) is 0 Å². The van der Waals surface area contributed by atoms with Crippen molar-refractivity contribution >= 4 is 11.8 Å². The van der Waals surface area contributed by atoms with Crippen LogP contribution in [-0.4, -0.2) is 26.6 Å². The Balaban J connectivity index is 1.69. The fourth-order valence-electron chi connectivity index (χ4n) is 2.78. The zero-order chi connectivity index (χ0) is 20.1. The summed E-state index contributed by atoms with van der Waals surface area (Å²) in [7, 11) is 0. The van der Waals surface area contributed by atoms with Gasteiger partial charge in [0.15, 0.2) is 5.82 Å². The third-order valence-corrected chi connectivity index (χ3v) is 4.06. The summed E-state index contributed by atoms with van der Waals surface area (Å²) in [5.74, 6) is -0.657. The summed E-state index contributed by atoms with van der Waals surface area (Å²) in [6, 6.07) is 11.0. The molecule has 1 aromatic carbocycles. The maximum atomic E-state index is 12.9. The van der Waals surface area contributed by atoms with Crippen molar-refractivity contribution < 1.29 is 14.0 Å². The first-order valence-corrected chi connectivity index (χ1v) is 8.78. The largest absolute Gasteiger partial charge is 0.273 e. The maximum absolute atomic E-state index is 12.9. The first-order chi connectivity index (χ1) is 13.5. The third-order valence-electron chi connectivity index (χ3n) is 4.06. The van der Waals surface area contributed by atoms with E-state index in [0.717, 1.165) is 0 Å². The van der Waals surface area contributed by atoms with Gasteiger partial charge in [0, 0.05) is 6.20 Å². The monoisotopic (exact) mass is 381 g/mol. The molecule has 8 heteroatoms. The van der Waals surface area contributed by atoms with Crippen molar-refractivity contribution in [2.24, 2.45) is 0 Å². The molecule has 0 unspecified atom stereocenters. The average Bonchev–Trinajstić information content (AvgIpc) is 3.14. The Hall–Kier alpha value is -3.55. The molecule has 7 nitrogen and oxygen atoms in total. The third kappa shape index (κ3) is 4.40. The average molecular weight is 381 g/mol. The van der Waals surface area contributed by atoms with Gasteiger partial charge in [-0.25, -0.2) is 14.1 Å². The molecule has 2 amide bonds. The highest BCUT2D eigenvalue weighted by Gasteiger charge is 2.21. The Labute approximate surface area is 161 Å². The van der Waals surface area contributed by atoms with Gasteiger partial charge in [0.05, 0.1) is 23.9 Å². The molecule has 2 aromatic heterocycles. The molecular weight excluding hydrogens is 361 g/mol. The minimum Gasteiger partial charge on any atom is -0.273 e. The number of hydrogen-bond acceptors (Lipinski definition) is 4. The number of carbonyl (C=O) groups excluding carboxylic acids is 2. The van der Waals surface area contributed by atoms with E-state index in [4.69, 9.17) is 0 Å². The maximum Gasteiger partial charge on any atom is 0.273 e. The Morgan fingerprint density at radius 2 is 1.86 bits per heavy atom. The predicted molar refractivity (Wildman–Crippen MR) is 101 cm³/mol. The molecule has 0 aliphatic rings. The van der Waals surface area contributed by atoms with E-state index in [1.807, 2.05) is 19.9 Å². The lowest BCUT2D eigenvalue weighted by Crippen LogP contribution is -2.42. The summed E-state index contributed by atoms with van der Waals surface area (Å²) >= 11 is 0. The van der Waals surface area contributed by atoms with Gasteiger partial charge in [-0.05, 0) is 35.7 Å². The summed E-state index contributed by atoms with van der Waals surface area (Å²) in [5, 5.41) is 4.28. The highest BCUT2D eigenvalue weighted by molar-refractivity contribution is 5.96. The van der Waals surface area contributed by atoms with Gasteiger partial charge in [0.1, 0.15) is 5.82 Å². The molecule has 144 valence electrons. The van der Waals surface area contributed by atoms with Crippen LogP contribution in [0.1, 0.15) is 41.4 Å². The van der Waals surface area contributed by atoms with Crippen LogP contribution in [0.4, 0.5) is 4.39 Å². The van der Waals surface area contributed by atoms with Crippen LogP contribution >= 0.6 is 0 Å². The van der Waals surface area contributed by atoms with Gasteiger partial charge in [-0.3, -0.25) is 20.4 Å². The van der Waals surface area contributed by atoms with Crippen LogP contribution < -0.4 is 10.9 Å². The fraction of sp³-hybridized carbons (Fsp3) is 0.200. The van der Waals surface area contributed by atoms with Gasteiger partial charge in [-0.2, -0.15) is 5.10 Å². The molecule has 0 aliphatic heterocycles. The van der Waals surface area contributed by atoms with Crippen molar-refractivity contribution in [3.8, 4) is 5.82 Å². The second-order valence-corrected chi connectivity index (χ2v) is 6.50. The second kappa shape index (κ2) is 8.43. The van der Waals surface area contributed by atoms with Gasteiger partial charge in [0.2, 0.25) is 5.91 Å². The number of hydrogen-bond donors (Lipinski definition) is 2. The van der Waals surface area contributed by atoms with E-state index >= 15 is 0 Å². The summed E-state index contributed by atoms with van der Waals surface area (Å²) in [6.07, 6.45) is 3.12. The van der Waals surface area contributed by atoms with E-state index in [-0.39, 0.29) is 18.2 Å². The molecule has 0 saturated carbocycles. The predicted octanol–water partition coefficient (Wildman–Crippen LogP) is 2.53. The number of halogens is 1. The quantitative estimate of drug-likeness (QED) is 0.665. The van der Waals surface area contributed by atoms with E-state index in [1.54, 1.807) is 23.0 Å². The topological polar surface area (TPSA) is 88.9 Å². The second-order valence-electron chi connectivity index (χ2n) is 6.50. The standard InChI is InChI=1S/C20H20FN5O2/c1-13(2)19-16(12-23-26(19)17-5-3-4-10-22-17)20(28)25-24-18(27)11-14-6-8-15(21)9-7-14/h3-10,12-13H,11H2,1-2H3,(H,24,27)(H,25,28). The first-order valence-electron chi connectivity index (χ1n) is 8.78. The lowest BCUT2D eigenvalue weighted by Gasteiger charge is -2.12. The molecule has 0 radical (unpaired) electrons. The molecule has 3 aromatic rings. The molecule has 0 atom stereocenters. The first kappa shape index (κ1) is 19.2. The van der Waals surface area contributed by atoms with Crippen LogP contribution in [0, 0.1) is 5.82 Å². The Bertz CT molecular complexity index is 968. The highest BCUT2D eigenvalue weighted by atomic mass is 19.1. The van der Waals surface area contributed by atoms with E-state index in [0.29, 0.717) is 22.6 Å². The molecule has 0 spiro atoms. The zero-order valence-electron chi connectivity index (χ0n) is 15.5. The zero-order valence-corrected chi connectivity index (χ0v) is 15.5. The molecule has 0 aliphatic carbocycles. The smallest absolute Gasteiger partial charge is 0.273 e. The number of carbonyl (C=O) groups is 2. The van der Waals surface area contributed by atoms with Crippen LogP contribution in [0.15, 0.2) is 54.9 Å². The van der Waals surface area contributed by atoms with Crippen LogP contribution in [0.3, 0.4) is 0 Å². The molecule has 0 fully saturated rings. The minimum atomic E-state index is -0.474. The molecule has 28 heavy (non-hydrogen) atoms. The van der Waals surface area contributed by atoms with Gasteiger partial charge >= 0.3 is 0 Å². The fourth-order valence-corrected chi connectivity index (χ4v) is 2.78. The minimum absolute atomic E-state index is 0.000160. The van der Waals surface area contributed by atoms with Gasteiger partial charge < -0.3 is 0 Å². The summed E-state index contributed by atoms with van der Waals surface area (Å²) in [4.78, 5) is 28.9. The van der Waals surface area contributed by atoms with Crippen LogP contribution in [0.2, 0.25) is 0 Å². The molecule has 0 bridgehead atoms. The molecular formula is C20H20FN5O2. The molecule has 0 saturated heterocycles. The number of pyridine rings is 1. The lowest BCUT2D eigenvalue weighted by molar-refractivity contribution is -0.121. The number of hydrazine groups is 1. The molecule has 2 N–H and O–H groups in total. The SMILES string of the molecule is CC(C)c1c(C(=O)NNC(=O)Cc2ccc(F)cc2)cnn1-c1ccccn1. The summed E-state index contributed by atoms with van der Waals surface area (Å²) < 4.78 is 14.5. The van der Waals surface area contributed by atoms with Crippen molar-refractivity contribution in [3.05, 3.63) is 77.5 Å². The number of rotatable bonds is 5. The van der Waals surface area contributed by atoms with Crippen LogP contribution in [0.5, 0.6) is 0 Å². The van der Waals surface area contributed by atoms with Gasteiger partial charge in [-0.1, -0.05) is 32.0 Å². The highest BCUT2D eigenvalue weighted by Crippen LogP contribution is 2.22. The van der Waals surface area contributed by atoms with Crippen molar-refractivity contribution in [2.45, 2.75) is 26.2 Å². The molecule has 3 rings (SSSR count). The van der Waals surface area contributed by atoms with Gasteiger partial charge in [0.25, 0.3) is 5.91 Å².